The van der Waals surface area contributed by atoms with Gasteiger partial charge in [-0.15, -0.1) is 0 Å². The maximum atomic E-state index is 11.8. The number of carbonyl (C=O) groups excluding carboxylic acids is 3. The first-order chi connectivity index (χ1) is 7.55. The first kappa shape index (κ1) is 15.1. The standard InChI is InChI=1S/C9H10F3NO4/c1-4(2)7(15)17-5(3)6(14)13-8(16)9(10,11)12/h5H,1H2,2-3H3,(H,13,14,16). The van der Waals surface area contributed by atoms with Crippen molar-refractivity contribution in [3.8, 4) is 0 Å². The molecule has 2 amide bonds. The van der Waals surface area contributed by atoms with Crippen molar-refractivity contribution in [2.24, 2.45) is 0 Å². The highest BCUT2D eigenvalue weighted by Crippen LogP contribution is 2.14. The van der Waals surface area contributed by atoms with Crippen LogP contribution < -0.4 is 5.32 Å². The summed E-state index contributed by atoms with van der Waals surface area (Å²) in [4.78, 5) is 32.3. The Labute approximate surface area is 94.6 Å². The SMILES string of the molecule is C=C(C)C(=O)OC(C)C(=O)NC(=O)C(F)(F)F. The average molecular weight is 253 g/mol. The summed E-state index contributed by atoms with van der Waals surface area (Å²) in [6.07, 6.45) is -6.70. The first-order valence-electron chi connectivity index (χ1n) is 4.34. The number of imide groups is 1. The smallest absolute Gasteiger partial charge is 0.449 e. The Hall–Kier alpha value is -1.86. The average Bonchev–Trinajstić information content (AvgIpc) is 2.15. The van der Waals surface area contributed by atoms with E-state index in [1.165, 1.54) is 6.92 Å². The number of carbonyl (C=O) groups is 3. The molecule has 0 aromatic carbocycles. The predicted molar refractivity (Wildman–Crippen MR) is 49.6 cm³/mol. The molecule has 0 radical (unpaired) electrons. The van der Waals surface area contributed by atoms with Crippen molar-refractivity contribution in [1.82, 2.24) is 5.32 Å². The number of alkyl halides is 3. The van der Waals surface area contributed by atoms with Crippen molar-refractivity contribution in [2.45, 2.75) is 26.1 Å². The van der Waals surface area contributed by atoms with Gasteiger partial charge in [-0.2, -0.15) is 13.2 Å². The zero-order valence-corrected chi connectivity index (χ0v) is 9.05. The Morgan fingerprint density at radius 2 is 1.76 bits per heavy atom. The van der Waals surface area contributed by atoms with E-state index in [9.17, 15) is 27.6 Å². The molecule has 8 heteroatoms. The molecular formula is C9H10F3NO4. The van der Waals surface area contributed by atoms with Crippen LogP contribution in [0.25, 0.3) is 0 Å². The largest absolute Gasteiger partial charge is 0.471 e. The molecule has 17 heavy (non-hydrogen) atoms. The molecule has 0 aliphatic carbocycles. The van der Waals surface area contributed by atoms with Gasteiger partial charge >= 0.3 is 18.1 Å². The van der Waals surface area contributed by atoms with E-state index in [1.807, 2.05) is 0 Å². The van der Waals surface area contributed by atoms with E-state index >= 15 is 0 Å². The van der Waals surface area contributed by atoms with E-state index < -0.39 is 30.1 Å². The van der Waals surface area contributed by atoms with Crippen molar-refractivity contribution < 1.29 is 32.3 Å². The molecule has 0 fully saturated rings. The molecule has 5 nitrogen and oxygen atoms in total. The fourth-order valence-electron chi connectivity index (χ4n) is 0.599. The van der Waals surface area contributed by atoms with Crippen LogP contribution in [0.3, 0.4) is 0 Å². The van der Waals surface area contributed by atoms with Crippen molar-refractivity contribution in [2.75, 3.05) is 0 Å². The molecule has 0 aliphatic heterocycles. The minimum atomic E-state index is -5.17. The van der Waals surface area contributed by atoms with Crippen LogP contribution in [0.2, 0.25) is 0 Å². The number of halogens is 3. The molecule has 1 atom stereocenters. The molecule has 0 saturated carbocycles. The second-order valence-corrected chi connectivity index (χ2v) is 3.14. The lowest BCUT2D eigenvalue weighted by molar-refractivity contribution is -0.176. The molecule has 0 rings (SSSR count). The van der Waals surface area contributed by atoms with Gasteiger partial charge in [-0.1, -0.05) is 6.58 Å². The molecule has 0 aromatic heterocycles. The lowest BCUT2D eigenvalue weighted by Gasteiger charge is -2.13. The zero-order valence-electron chi connectivity index (χ0n) is 9.05. The Morgan fingerprint density at radius 3 is 2.12 bits per heavy atom. The molecular weight excluding hydrogens is 243 g/mol. The lowest BCUT2D eigenvalue weighted by atomic mass is 10.3. The third-order valence-electron chi connectivity index (χ3n) is 1.50. The van der Waals surface area contributed by atoms with Gasteiger partial charge in [-0.05, 0) is 13.8 Å². The van der Waals surface area contributed by atoms with E-state index in [4.69, 9.17) is 0 Å². The fraction of sp³-hybridized carbons (Fsp3) is 0.444. The number of esters is 1. The van der Waals surface area contributed by atoms with E-state index in [1.54, 1.807) is 0 Å². The minimum Gasteiger partial charge on any atom is -0.449 e. The van der Waals surface area contributed by atoms with Gasteiger partial charge in [0, 0.05) is 5.57 Å². The number of hydrogen-bond acceptors (Lipinski definition) is 4. The van der Waals surface area contributed by atoms with Crippen LogP contribution >= 0.6 is 0 Å². The van der Waals surface area contributed by atoms with Gasteiger partial charge in [0.05, 0.1) is 0 Å². The third-order valence-corrected chi connectivity index (χ3v) is 1.50. The van der Waals surface area contributed by atoms with Crippen molar-refractivity contribution in [3.05, 3.63) is 12.2 Å². The molecule has 0 aromatic rings. The summed E-state index contributed by atoms with van der Waals surface area (Å²) in [7, 11) is 0. The summed E-state index contributed by atoms with van der Waals surface area (Å²) in [5, 5.41) is 1.05. The van der Waals surface area contributed by atoms with E-state index in [0.29, 0.717) is 0 Å². The summed E-state index contributed by atoms with van der Waals surface area (Å²) >= 11 is 0. The monoisotopic (exact) mass is 253 g/mol. The summed E-state index contributed by atoms with van der Waals surface area (Å²) in [6.45, 7) is 5.54. The Kier molecular flexibility index (Phi) is 4.87. The van der Waals surface area contributed by atoms with Crippen molar-refractivity contribution >= 4 is 17.8 Å². The van der Waals surface area contributed by atoms with Gasteiger partial charge in [0.2, 0.25) is 0 Å². The third kappa shape index (κ3) is 5.14. The Bertz CT molecular complexity index is 362. The molecule has 1 N–H and O–H groups in total. The molecule has 0 bridgehead atoms. The zero-order chi connectivity index (χ0) is 13.8. The van der Waals surface area contributed by atoms with Crippen LogP contribution in [0.15, 0.2) is 12.2 Å². The highest BCUT2D eigenvalue weighted by atomic mass is 19.4. The Morgan fingerprint density at radius 1 is 1.29 bits per heavy atom. The quantitative estimate of drug-likeness (QED) is 0.593. The number of nitrogens with one attached hydrogen (secondary N) is 1. The highest BCUT2D eigenvalue weighted by molar-refractivity contribution is 6.00. The van der Waals surface area contributed by atoms with Crippen LogP contribution in [-0.2, 0) is 19.1 Å². The predicted octanol–water partition coefficient (Wildman–Crippen LogP) is 0.699. The topological polar surface area (TPSA) is 72.5 Å². The van der Waals surface area contributed by atoms with Crippen LogP contribution in [-0.4, -0.2) is 30.1 Å². The second-order valence-electron chi connectivity index (χ2n) is 3.14. The molecule has 0 spiro atoms. The second kappa shape index (κ2) is 5.46. The van der Waals surface area contributed by atoms with Crippen LogP contribution in [0.5, 0.6) is 0 Å². The highest BCUT2D eigenvalue weighted by Gasteiger charge is 2.40. The molecule has 0 aliphatic rings. The van der Waals surface area contributed by atoms with Crippen LogP contribution in [0.4, 0.5) is 13.2 Å². The number of amides is 2. The fourth-order valence-corrected chi connectivity index (χ4v) is 0.599. The molecule has 96 valence electrons. The summed E-state index contributed by atoms with van der Waals surface area (Å²) in [5.41, 5.74) is -0.0215. The van der Waals surface area contributed by atoms with Gasteiger partial charge in [-0.25, -0.2) is 4.79 Å². The molecule has 1 unspecified atom stereocenters. The van der Waals surface area contributed by atoms with E-state index in [0.717, 1.165) is 12.2 Å². The van der Waals surface area contributed by atoms with Crippen LogP contribution in [0.1, 0.15) is 13.8 Å². The van der Waals surface area contributed by atoms with Crippen molar-refractivity contribution in [1.29, 1.82) is 0 Å². The molecule has 0 heterocycles. The first-order valence-corrected chi connectivity index (χ1v) is 4.34. The number of hydrogen-bond donors (Lipinski definition) is 1. The van der Waals surface area contributed by atoms with Gasteiger partial charge in [0.15, 0.2) is 6.10 Å². The summed E-state index contributed by atoms with van der Waals surface area (Å²) in [6, 6.07) is 0. The number of ether oxygens (including phenoxy) is 1. The maximum absolute atomic E-state index is 11.8. The minimum absolute atomic E-state index is 0.0215. The van der Waals surface area contributed by atoms with Gasteiger partial charge in [0.1, 0.15) is 0 Å². The normalized spacial score (nSPS) is 12.5. The molecule has 0 saturated heterocycles. The van der Waals surface area contributed by atoms with Gasteiger partial charge in [-0.3, -0.25) is 14.9 Å². The van der Waals surface area contributed by atoms with Gasteiger partial charge in [0.25, 0.3) is 5.91 Å². The lowest BCUT2D eigenvalue weighted by Crippen LogP contribution is -2.45. The van der Waals surface area contributed by atoms with E-state index in [-0.39, 0.29) is 5.57 Å². The number of rotatable bonds is 3. The summed E-state index contributed by atoms with van der Waals surface area (Å²) in [5.74, 6) is -4.71. The maximum Gasteiger partial charge on any atom is 0.471 e. The summed E-state index contributed by atoms with van der Waals surface area (Å²) < 4.78 is 39.7. The Balaban J connectivity index is 4.39. The van der Waals surface area contributed by atoms with Gasteiger partial charge < -0.3 is 4.74 Å². The van der Waals surface area contributed by atoms with E-state index in [2.05, 4.69) is 11.3 Å². The van der Waals surface area contributed by atoms with Crippen molar-refractivity contribution in [3.63, 3.8) is 0 Å². The van der Waals surface area contributed by atoms with Crippen LogP contribution in [0, 0.1) is 0 Å².